The van der Waals surface area contributed by atoms with Gasteiger partial charge in [-0.2, -0.15) is 0 Å². The zero-order valence-electron chi connectivity index (χ0n) is 29.5. The number of unbranched alkanes of at least 4 members (excludes halogenated alkanes) is 5. The van der Waals surface area contributed by atoms with E-state index >= 15 is 0 Å². The van der Waals surface area contributed by atoms with Crippen molar-refractivity contribution in [2.75, 3.05) is 0 Å². The Morgan fingerprint density at radius 3 is 0.957 bits per heavy atom. The molecule has 0 amide bonds. The first-order valence-electron chi connectivity index (χ1n) is 18.8. The van der Waals surface area contributed by atoms with Gasteiger partial charge in [-0.3, -0.25) is 19.2 Å². The predicted molar refractivity (Wildman–Crippen MR) is 175 cm³/mol. The highest BCUT2D eigenvalue weighted by atomic mass is 16.6. The van der Waals surface area contributed by atoms with Crippen LogP contribution in [0, 0.1) is 47.3 Å². The summed E-state index contributed by atoms with van der Waals surface area (Å²) in [6, 6.07) is 0. The maximum absolute atomic E-state index is 12.8. The quantitative estimate of drug-likeness (QED) is 0.0890. The molecule has 0 aromatic heterocycles. The lowest BCUT2D eigenvalue weighted by atomic mass is 9.92. The first-order valence-corrected chi connectivity index (χ1v) is 18.8. The molecule has 0 heterocycles. The van der Waals surface area contributed by atoms with E-state index in [-0.39, 0.29) is 48.3 Å². The van der Waals surface area contributed by atoms with Gasteiger partial charge in [0.25, 0.3) is 0 Å². The van der Waals surface area contributed by atoms with Crippen LogP contribution in [0.2, 0.25) is 0 Å². The fourth-order valence-electron chi connectivity index (χ4n) is 9.92. The van der Waals surface area contributed by atoms with Gasteiger partial charge in [0.15, 0.2) is 0 Å². The van der Waals surface area contributed by atoms with Gasteiger partial charge in [0.1, 0.15) is 24.4 Å². The van der Waals surface area contributed by atoms with Crippen LogP contribution < -0.4 is 0 Å². The fraction of sp³-hybridized carbons (Fsp3) is 0.895. The standard InChI is InChI=1S/C38H62O8/c1-7-25-19-31-29(35(25)43-23(5)39)21-27(9-3)37(31)45-33(41)17-15-13-11-12-14-16-18-34(42)46-38-28(10-4)22-30-32(38)20-26(8-2)36(30)44-24(6)40/h25-32,35-38H,7-22H2,1-6H3. The van der Waals surface area contributed by atoms with E-state index in [1.165, 1.54) is 13.8 Å². The minimum atomic E-state index is -0.212. The van der Waals surface area contributed by atoms with Crippen molar-refractivity contribution < 1.29 is 38.1 Å². The summed E-state index contributed by atoms with van der Waals surface area (Å²) in [5.74, 6) is 1.96. The lowest BCUT2D eigenvalue weighted by molar-refractivity contribution is -0.155. The highest BCUT2D eigenvalue weighted by Crippen LogP contribution is 2.54. The topological polar surface area (TPSA) is 105 Å². The van der Waals surface area contributed by atoms with Crippen LogP contribution in [0.15, 0.2) is 0 Å². The molecule has 46 heavy (non-hydrogen) atoms. The van der Waals surface area contributed by atoms with E-state index in [1.54, 1.807) is 0 Å². The van der Waals surface area contributed by atoms with E-state index in [0.717, 1.165) is 89.9 Å². The Bertz CT molecular complexity index is 946. The third-order valence-corrected chi connectivity index (χ3v) is 12.2. The first-order chi connectivity index (χ1) is 22.1. The second-order valence-electron chi connectivity index (χ2n) is 14.9. The van der Waals surface area contributed by atoms with Gasteiger partial charge < -0.3 is 18.9 Å². The number of carbonyl (C=O) groups is 4. The molecule has 4 saturated carbocycles. The summed E-state index contributed by atoms with van der Waals surface area (Å²) in [7, 11) is 0. The number of rotatable bonds is 17. The molecule has 262 valence electrons. The Hall–Kier alpha value is -2.12. The van der Waals surface area contributed by atoms with Gasteiger partial charge >= 0.3 is 23.9 Å². The SMILES string of the molecule is CCC1CC2C(CC(CC)C2OC(=O)CCCCCCCCC(=O)OC2C(CC)CC3C2CC(CC)C3OC(C)=O)C1OC(C)=O. The van der Waals surface area contributed by atoms with Crippen LogP contribution in [-0.4, -0.2) is 48.3 Å². The predicted octanol–water partition coefficient (Wildman–Crippen LogP) is 7.98. The number of carbonyl (C=O) groups excluding carboxylic acids is 4. The van der Waals surface area contributed by atoms with Crippen molar-refractivity contribution in [3.05, 3.63) is 0 Å². The molecule has 8 heteroatoms. The Morgan fingerprint density at radius 1 is 0.435 bits per heavy atom. The molecule has 4 fully saturated rings. The van der Waals surface area contributed by atoms with E-state index in [2.05, 4.69) is 27.7 Å². The van der Waals surface area contributed by atoms with Crippen molar-refractivity contribution in [2.24, 2.45) is 47.3 Å². The highest BCUT2D eigenvalue weighted by molar-refractivity contribution is 5.70. The zero-order chi connectivity index (χ0) is 33.4. The van der Waals surface area contributed by atoms with Crippen LogP contribution in [-0.2, 0) is 38.1 Å². The summed E-state index contributed by atoms with van der Waals surface area (Å²) in [5.41, 5.74) is 0. The molecule has 0 N–H and O–H groups in total. The summed E-state index contributed by atoms with van der Waals surface area (Å²) in [6.07, 6.45) is 14.1. The largest absolute Gasteiger partial charge is 0.462 e. The second-order valence-corrected chi connectivity index (χ2v) is 14.9. The minimum Gasteiger partial charge on any atom is -0.462 e. The van der Waals surface area contributed by atoms with Gasteiger partial charge in [-0.05, 0) is 87.9 Å². The summed E-state index contributed by atoms with van der Waals surface area (Å²) in [4.78, 5) is 49.2. The smallest absolute Gasteiger partial charge is 0.306 e. The van der Waals surface area contributed by atoms with Crippen molar-refractivity contribution in [1.82, 2.24) is 0 Å². The van der Waals surface area contributed by atoms with Gasteiger partial charge in [0.2, 0.25) is 0 Å². The molecule has 4 aliphatic carbocycles. The molecule has 12 atom stereocenters. The van der Waals surface area contributed by atoms with E-state index in [4.69, 9.17) is 18.9 Å². The first kappa shape index (κ1) is 36.7. The molecule has 0 saturated heterocycles. The molecule has 0 aliphatic heterocycles. The van der Waals surface area contributed by atoms with E-state index in [1.807, 2.05) is 0 Å². The monoisotopic (exact) mass is 646 g/mol. The van der Waals surface area contributed by atoms with Crippen LogP contribution >= 0.6 is 0 Å². The number of esters is 4. The molecule has 0 bridgehead atoms. The Kier molecular flexibility index (Phi) is 13.8. The Morgan fingerprint density at radius 2 is 0.696 bits per heavy atom. The normalized spacial score (nSPS) is 36.2. The van der Waals surface area contributed by atoms with Crippen LogP contribution in [0.4, 0.5) is 0 Å². The number of hydrogen-bond donors (Lipinski definition) is 0. The molecule has 0 aromatic carbocycles. The average Bonchev–Trinajstić information content (AvgIpc) is 3.73. The Labute approximate surface area is 277 Å². The third-order valence-electron chi connectivity index (χ3n) is 12.2. The Balaban J connectivity index is 1.10. The summed E-state index contributed by atoms with van der Waals surface area (Å²) >= 11 is 0. The lowest BCUT2D eigenvalue weighted by Gasteiger charge is -2.25. The van der Waals surface area contributed by atoms with Crippen LogP contribution in [0.25, 0.3) is 0 Å². The van der Waals surface area contributed by atoms with Gasteiger partial charge in [-0.25, -0.2) is 0 Å². The lowest BCUT2D eigenvalue weighted by Crippen LogP contribution is -2.28. The van der Waals surface area contributed by atoms with E-state index in [0.29, 0.717) is 60.2 Å². The van der Waals surface area contributed by atoms with E-state index < -0.39 is 0 Å². The maximum atomic E-state index is 12.8. The molecule has 0 spiro atoms. The van der Waals surface area contributed by atoms with Gasteiger partial charge in [-0.15, -0.1) is 0 Å². The third kappa shape index (κ3) is 8.86. The molecule has 4 aliphatic rings. The number of ether oxygens (including phenoxy) is 4. The second kappa shape index (κ2) is 17.3. The van der Waals surface area contributed by atoms with E-state index in [9.17, 15) is 19.2 Å². The van der Waals surface area contributed by atoms with Crippen molar-refractivity contribution in [1.29, 1.82) is 0 Å². The van der Waals surface area contributed by atoms with Crippen molar-refractivity contribution >= 4 is 23.9 Å². The summed E-state index contributed by atoms with van der Waals surface area (Å²) in [5, 5.41) is 0. The summed E-state index contributed by atoms with van der Waals surface area (Å²) in [6.45, 7) is 11.6. The summed E-state index contributed by atoms with van der Waals surface area (Å²) < 4.78 is 23.8. The highest BCUT2D eigenvalue weighted by Gasteiger charge is 2.56. The maximum Gasteiger partial charge on any atom is 0.306 e. The van der Waals surface area contributed by atoms with Crippen LogP contribution in [0.1, 0.15) is 144 Å². The molecule has 12 unspecified atom stereocenters. The van der Waals surface area contributed by atoms with Gasteiger partial charge in [0.05, 0.1) is 0 Å². The van der Waals surface area contributed by atoms with Gasteiger partial charge in [0, 0.05) is 50.4 Å². The van der Waals surface area contributed by atoms with Crippen LogP contribution in [0.3, 0.4) is 0 Å². The molecule has 0 radical (unpaired) electrons. The molecule has 0 aromatic rings. The minimum absolute atomic E-state index is 0.0437. The zero-order valence-corrected chi connectivity index (χ0v) is 29.5. The van der Waals surface area contributed by atoms with Crippen molar-refractivity contribution in [3.8, 4) is 0 Å². The average molecular weight is 647 g/mol. The molecule has 8 nitrogen and oxygen atoms in total. The van der Waals surface area contributed by atoms with Gasteiger partial charge in [-0.1, -0.05) is 53.4 Å². The number of hydrogen-bond acceptors (Lipinski definition) is 8. The van der Waals surface area contributed by atoms with Crippen molar-refractivity contribution in [3.63, 3.8) is 0 Å². The number of fused-ring (bicyclic) bond motifs is 2. The van der Waals surface area contributed by atoms with Crippen molar-refractivity contribution in [2.45, 2.75) is 169 Å². The molecular formula is C38H62O8. The fourth-order valence-corrected chi connectivity index (χ4v) is 9.92. The molecule has 4 rings (SSSR count). The van der Waals surface area contributed by atoms with Crippen LogP contribution in [0.5, 0.6) is 0 Å². The molecular weight excluding hydrogens is 584 g/mol.